The molecule has 2 heterocycles. The van der Waals surface area contributed by atoms with Gasteiger partial charge in [-0.3, -0.25) is 15.0 Å². The lowest BCUT2D eigenvalue weighted by Crippen LogP contribution is -2.13. The number of nitrogens with zero attached hydrogens (tertiary/aromatic N) is 2. The van der Waals surface area contributed by atoms with Gasteiger partial charge in [0.2, 0.25) is 0 Å². The van der Waals surface area contributed by atoms with Crippen molar-refractivity contribution in [3.8, 4) is 11.3 Å². The maximum absolute atomic E-state index is 13.7. The Kier molecular flexibility index (Phi) is 2.56. The third-order valence-electron chi connectivity index (χ3n) is 4.28. The van der Waals surface area contributed by atoms with Crippen LogP contribution in [0.5, 0.6) is 0 Å². The van der Waals surface area contributed by atoms with Crippen molar-refractivity contribution in [1.82, 2.24) is 15.0 Å². The number of halogens is 3. The Hall–Kier alpha value is -2.64. The minimum atomic E-state index is -2.78. The number of aromatic amines is 1. The second-order valence-electron chi connectivity index (χ2n) is 5.81. The van der Waals surface area contributed by atoms with E-state index in [0.717, 1.165) is 6.07 Å². The highest BCUT2D eigenvalue weighted by atomic mass is 19.3. The molecular weight excluding hydrogens is 311 g/mol. The second kappa shape index (κ2) is 4.21. The molecule has 0 aliphatic heterocycles. The lowest BCUT2D eigenvalue weighted by Gasteiger charge is -2.09. The molecule has 2 aromatic heterocycles. The summed E-state index contributed by atoms with van der Waals surface area (Å²) in [7, 11) is 0. The summed E-state index contributed by atoms with van der Waals surface area (Å²) in [6.45, 7) is 1.43. The fourth-order valence-electron chi connectivity index (χ4n) is 2.63. The van der Waals surface area contributed by atoms with Crippen LogP contribution in [0.3, 0.4) is 0 Å². The number of oxazole rings is 1. The van der Waals surface area contributed by atoms with Crippen molar-refractivity contribution in [3.05, 3.63) is 46.6 Å². The molecule has 1 saturated carbocycles. The molecule has 8 heteroatoms. The number of hydrogen-bond donors (Lipinski definition) is 1. The first-order valence-corrected chi connectivity index (χ1v) is 6.84. The van der Waals surface area contributed by atoms with Gasteiger partial charge in [-0.2, -0.15) is 0 Å². The summed E-state index contributed by atoms with van der Waals surface area (Å²) in [6, 6.07) is 2.56. The maximum atomic E-state index is 13.7. The SMILES string of the molecule is CC1(c2cnc(-c3ccc(F)c4[nH]c(=O)oc34)cn2)CC1(F)F. The van der Waals surface area contributed by atoms with Gasteiger partial charge >= 0.3 is 5.76 Å². The molecule has 0 bridgehead atoms. The molecule has 1 aliphatic carbocycles. The summed E-state index contributed by atoms with van der Waals surface area (Å²) in [5, 5.41) is 0. The van der Waals surface area contributed by atoms with Crippen molar-refractivity contribution in [1.29, 1.82) is 0 Å². The Morgan fingerprint density at radius 2 is 2.00 bits per heavy atom. The normalized spacial score (nSPS) is 22.4. The molecule has 1 N–H and O–H groups in total. The third kappa shape index (κ3) is 1.90. The van der Waals surface area contributed by atoms with Crippen LogP contribution >= 0.6 is 0 Å². The fourth-order valence-corrected chi connectivity index (χ4v) is 2.63. The fraction of sp³-hybridized carbons (Fsp3) is 0.267. The van der Waals surface area contributed by atoms with E-state index in [4.69, 9.17) is 4.42 Å². The quantitative estimate of drug-likeness (QED) is 0.787. The van der Waals surface area contributed by atoms with Crippen LogP contribution in [0.15, 0.2) is 33.7 Å². The summed E-state index contributed by atoms with van der Waals surface area (Å²) in [5.41, 5.74) is -0.503. The molecule has 0 saturated heterocycles. The highest BCUT2D eigenvalue weighted by Gasteiger charge is 2.69. The number of rotatable bonds is 2. The van der Waals surface area contributed by atoms with E-state index in [-0.39, 0.29) is 23.2 Å². The van der Waals surface area contributed by atoms with Gasteiger partial charge in [-0.05, 0) is 19.1 Å². The Balaban J connectivity index is 1.81. The Bertz CT molecular complexity index is 978. The van der Waals surface area contributed by atoms with Crippen LogP contribution in [0.2, 0.25) is 0 Å². The summed E-state index contributed by atoms with van der Waals surface area (Å²) in [6.07, 6.45) is 2.33. The summed E-state index contributed by atoms with van der Waals surface area (Å²) >= 11 is 0. The van der Waals surface area contributed by atoms with Crippen LogP contribution in [-0.4, -0.2) is 20.9 Å². The highest BCUT2D eigenvalue weighted by molar-refractivity contribution is 5.88. The molecule has 118 valence electrons. The second-order valence-corrected chi connectivity index (χ2v) is 5.81. The van der Waals surface area contributed by atoms with E-state index in [1.807, 2.05) is 0 Å². The van der Waals surface area contributed by atoms with Crippen LogP contribution in [-0.2, 0) is 5.41 Å². The van der Waals surface area contributed by atoms with Crippen LogP contribution in [0, 0.1) is 5.82 Å². The average Bonchev–Trinajstić information content (AvgIpc) is 2.83. The molecule has 1 aliphatic rings. The van der Waals surface area contributed by atoms with Gasteiger partial charge in [0.15, 0.2) is 11.4 Å². The third-order valence-corrected chi connectivity index (χ3v) is 4.28. The van der Waals surface area contributed by atoms with Gasteiger partial charge in [-0.1, -0.05) is 0 Å². The topological polar surface area (TPSA) is 71.8 Å². The zero-order chi connectivity index (χ0) is 16.4. The number of alkyl halides is 2. The predicted octanol–water partition coefficient (Wildman–Crippen LogP) is 3.01. The van der Waals surface area contributed by atoms with E-state index < -0.39 is 22.9 Å². The standard InChI is InChI=1S/C15H10F3N3O2/c1-14(6-15(14,17)18)10-5-19-9(4-20-10)7-2-3-8(16)11-12(7)23-13(22)21-11/h2-5H,6H2,1H3,(H,21,22). The highest BCUT2D eigenvalue weighted by Crippen LogP contribution is 2.60. The van der Waals surface area contributed by atoms with Crippen molar-refractivity contribution in [3.63, 3.8) is 0 Å². The van der Waals surface area contributed by atoms with Crippen molar-refractivity contribution >= 4 is 11.1 Å². The number of aromatic nitrogens is 3. The van der Waals surface area contributed by atoms with Gasteiger partial charge < -0.3 is 4.42 Å². The number of H-pyrrole nitrogens is 1. The van der Waals surface area contributed by atoms with E-state index in [2.05, 4.69) is 15.0 Å². The van der Waals surface area contributed by atoms with Crippen LogP contribution < -0.4 is 5.76 Å². The minimum absolute atomic E-state index is 0.0139. The van der Waals surface area contributed by atoms with Crippen LogP contribution in [0.4, 0.5) is 13.2 Å². The molecule has 1 fully saturated rings. The molecule has 1 aromatic carbocycles. The van der Waals surface area contributed by atoms with Gasteiger partial charge in [0.25, 0.3) is 5.92 Å². The Morgan fingerprint density at radius 1 is 1.26 bits per heavy atom. The number of fused-ring (bicyclic) bond motifs is 1. The monoisotopic (exact) mass is 321 g/mol. The molecule has 0 radical (unpaired) electrons. The summed E-state index contributed by atoms with van der Waals surface area (Å²) in [4.78, 5) is 21.7. The average molecular weight is 321 g/mol. The molecular formula is C15H10F3N3O2. The first-order valence-electron chi connectivity index (χ1n) is 6.84. The van der Waals surface area contributed by atoms with Crippen molar-refractivity contribution < 1.29 is 17.6 Å². The molecule has 23 heavy (non-hydrogen) atoms. The largest absolute Gasteiger partial charge is 0.417 e. The minimum Gasteiger partial charge on any atom is -0.407 e. The number of nitrogens with one attached hydrogen (secondary N) is 1. The van der Waals surface area contributed by atoms with E-state index in [0.29, 0.717) is 11.3 Å². The van der Waals surface area contributed by atoms with Gasteiger partial charge in [0, 0.05) is 18.2 Å². The lowest BCUT2D eigenvalue weighted by atomic mass is 10.1. The zero-order valence-corrected chi connectivity index (χ0v) is 11.9. The molecule has 1 atom stereocenters. The molecule has 0 amide bonds. The first kappa shape index (κ1) is 14.0. The van der Waals surface area contributed by atoms with Crippen molar-refractivity contribution in [2.24, 2.45) is 0 Å². The van der Waals surface area contributed by atoms with Crippen molar-refractivity contribution in [2.75, 3.05) is 0 Å². The predicted molar refractivity (Wildman–Crippen MR) is 74.7 cm³/mol. The van der Waals surface area contributed by atoms with Crippen molar-refractivity contribution in [2.45, 2.75) is 24.7 Å². The number of hydrogen-bond acceptors (Lipinski definition) is 4. The molecule has 0 spiro atoms. The zero-order valence-electron chi connectivity index (χ0n) is 11.9. The van der Waals surface area contributed by atoms with E-state index >= 15 is 0 Å². The van der Waals surface area contributed by atoms with Gasteiger partial charge in [0.1, 0.15) is 5.52 Å². The van der Waals surface area contributed by atoms with Gasteiger partial charge in [0.05, 0.1) is 23.0 Å². The van der Waals surface area contributed by atoms with E-state index in [1.165, 1.54) is 25.4 Å². The summed E-state index contributed by atoms with van der Waals surface area (Å²) in [5.74, 6) is -4.20. The molecule has 4 rings (SSSR count). The Morgan fingerprint density at radius 3 is 2.61 bits per heavy atom. The molecule has 1 unspecified atom stereocenters. The van der Waals surface area contributed by atoms with Crippen LogP contribution in [0.1, 0.15) is 19.0 Å². The molecule has 3 aromatic rings. The van der Waals surface area contributed by atoms with Crippen LogP contribution in [0.25, 0.3) is 22.4 Å². The number of benzene rings is 1. The van der Waals surface area contributed by atoms with Gasteiger partial charge in [-0.15, -0.1) is 0 Å². The maximum Gasteiger partial charge on any atom is 0.417 e. The first-order chi connectivity index (χ1) is 10.8. The van der Waals surface area contributed by atoms with E-state index in [9.17, 15) is 18.0 Å². The summed E-state index contributed by atoms with van der Waals surface area (Å²) < 4.78 is 45.4. The Labute approximate surface area is 127 Å². The lowest BCUT2D eigenvalue weighted by molar-refractivity contribution is 0.0909. The molecule has 5 nitrogen and oxygen atoms in total. The smallest absolute Gasteiger partial charge is 0.407 e. The van der Waals surface area contributed by atoms with E-state index in [1.54, 1.807) is 0 Å². The van der Waals surface area contributed by atoms with Gasteiger partial charge in [-0.25, -0.2) is 18.0 Å².